The van der Waals surface area contributed by atoms with Crippen molar-refractivity contribution in [2.24, 2.45) is 5.92 Å². The lowest BCUT2D eigenvalue weighted by Gasteiger charge is -2.38. The highest BCUT2D eigenvalue weighted by molar-refractivity contribution is 5.79. The first kappa shape index (κ1) is 18.7. The average Bonchev–Trinajstić information content (AvgIpc) is 3.08. The number of aromatic amines is 1. The lowest BCUT2D eigenvalue weighted by atomic mass is 9.74. The number of carbonyl (C=O) groups excluding carboxylic acids is 1. The molecular weight excluding hydrogens is 358 g/mol. The number of ether oxygens (including phenoxy) is 1. The third-order valence-corrected chi connectivity index (χ3v) is 5.69. The average molecular weight is 383 g/mol. The van der Waals surface area contributed by atoms with E-state index in [-0.39, 0.29) is 36.0 Å². The first-order chi connectivity index (χ1) is 13.4. The second-order valence-electron chi connectivity index (χ2n) is 7.79. The molecule has 1 amide bonds. The number of rotatable bonds is 5. The summed E-state index contributed by atoms with van der Waals surface area (Å²) in [5.74, 6) is 1.39. The predicted molar refractivity (Wildman–Crippen MR) is 103 cm³/mol. The van der Waals surface area contributed by atoms with Crippen LogP contribution in [0.15, 0.2) is 23.0 Å². The van der Waals surface area contributed by atoms with Crippen molar-refractivity contribution in [2.45, 2.75) is 51.7 Å². The molecule has 1 aromatic carbocycles. The van der Waals surface area contributed by atoms with Crippen LogP contribution < -0.4 is 15.6 Å². The predicted octanol–water partition coefficient (Wildman–Crippen LogP) is 1.49. The molecule has 148 valence electrons. The summed E-state index contributed by atoms with van der Waals surface area (Å²) in [5, 5.41) is 12.8. The number of nitrogens with one attached hydrogen (secondary N) is 2. The molecule has 1 unspecified atom stereocenters. The Hall–Kier alpha value is -2.67. The zero-order valence-corrected chi connectivity index (χ0v) is 16.1. The van der Waals surface area contributed by atoms with Crippen molar-refractivity contribution in [2.75, 3.05) is 6.61 Å². The second-order valence-corrected chi connectivity index (χ2v) is 7.79. The van der Waals surface area contributed by atoms with Crippen molar-refractivity contribution in [1.29, 1.82) is 0 Å². The Balaban J connectivity index is 1.55. The number of aliphatic hydroxyl groups excluding tert-OH is 1. The van der Waals surface area contributed by atoms with Crippen molar-refractivity contribution in [3.05, 3.63) is 56.8 Å². The SMILES string of the molecule is Cc1nc(C)c(CC(=O)NC(c2ccc3c(c2)CCO3)C2CC(O)C2)c(=O)[nH]1. The maximum absolute atomic E-state index is 12.8. The topological polar surface area (TPSA) is 104 Å². The molecule has 1 atom stereocenters. The number of benzene rings is 1. The summed E-state index contributed by atoms with van der Waals surface area (Å²) in [4.78, 5) is 31.9. The van der Waals surface area contributed by atoms with Gasteiger partial charge < -0.3 is 20.1 Å². The Morgan fingerprint density at radius 2 is 2.18 bits per heavy atom. The minimum atomic E-state index is -0.312. The van der Waals surface area contributed by atoms with E-state index in [4.69, 9.17) is 4.74 Å². The van der Waals surface area contributed by atoms with Crippen LogP contribution in [0.1, 0.15) is 47.1 Å². The molecule has 0 spiro atoms. The van der Waals surface area contributed by atoms with E-state index in [0.717, 1.165) is 23.3 Å². The third-order valence-electron chi connectivity index (χ3n) is 5.69. The molecule has 7 heteroatoms. The monoisotopic (exact) mass is 383 g/mol. The number of H-pyrrole nitrogens is 1. The molecule has 3 N–H and O–H groups in total. The number of amides is 1. The first-order valence-corrected chi connectivity index (χ1v) is 9.70. The van der Waals surface area contributed by atoms with Crippen LogP contribution >= 0.6 is 0 Å². The van der Waals surface area contributed by atoms with E-state index < -0.39 is 0 Å². The number of hydrogen-bond acceptors (Lipinski definition) is 5. The molecule has 1 saturated carbocycles. The summed E-state index contributed by atoms with van der Waals surface area (Å²) in [6.45, 7) is 4.14. The quantitative estimate of drug-likeness (QED) is 0.726. The Kier molecular flexibility index (Phi) is 4.93. The number of aliphatic hydroxyl groups is 1. The molecule has 4 rings (SSSR count). The number of fused-ring (bicyclic) bond motifs is 1. The first-order valence-electron chi connectivity index (χ1n) is 9.70. The lowest BCUT2D eigenvalue weighted by molar-refractivity contribution is -0.122. The molecule has 0 saturated heterocycles. The Labute approximate surface area is 163 Å². The second kappa shape index (κ2) is 7.39. The van der Waals surface area contributed by atoms with E-state index in [9.17, 15) is 14.7 Å². The van der Waals surface area contributed by atoms with E-state index in [2.05, 4.69) is 21.4 Å². The van der Waals surface area contributed by atoms with Gasteiger partial charge in [-0.15, -0.1) is 0 Å². The molecule has 1 aromatic heterocycles. The van der Waals surface area contributed by atoms with Gasteiger partial charge in [0.15, 0.2) is 0 Å². The van der Waals surface area contributed by atoms with Crippen LogP contribution in [0.5, 0.6) is 5.75 Å². The summed E-state index contributed by atoms with van der Waals surface area (Å²) < 4.78 is 5.57. The van der Waals surface area contributed by atoms with Gasteiger partial charge >= 0.3 is 0 Å². The number of carbonyl (C=O) groups is 1. The highest BCUT2D eigenvalue weighted by Crippen LogP contribution is 2.39. The maximum Gasteiger partial charge on any atom is 0.254 e. The van der Waals surface area contributed by atoms with E-state index >= 15 is 0 Å². The number of aryl methyl sites for hydroxylation is 2. The van der Waals surface area contributed by atoms with Gasteiger partial charge in [0.25, 0.3) is 5.56 Å². The highest BCUT2D eigenvalue weighted by Gasteiger charge is 2.36. The molecule has 1 fully saturated rings. The van der Waals surface area contributed by atoms with Crippen LogP contribution in [-0.2, 0) is 17.6 Å². The molecule has 1 aliphatic carbocycles. The Morgan fingerprint density at radius 1 is 1.39 bits per heavy atom. The fraction of sp³-hybridized carbons (Fsp3) is 0.476. The van der Waals surface area contributed by atoms with Gasteiger partial charge in [0, 0.05) is 17.7 Å². The van der Waals surface area contributed by atoms with Crippen molar-refractivity contribution in [3.63, 3.8) is 0 Å². The molecule has 2 aromatic rings. The van der Waals surface area contributed by atoms with Crippen molar-refractivity contribution >= 4 is 5.91 Å². The van der Waals surface area contributed by atoms with Gasteiger partial charge in [-0.05, 0) is 55.9 Å². The molecule has 28 heavy (non-hydrogen) atoms. The van der Waals surface area contributed by atoms with Gasteiger partial charge in [-0.2, -0.15) is 0 Å². The summed E-state index contributed by atoms with van der Waals surface area (Å²) in [6.07, 6.45) is 1.84. The molecule has 7 nitrogen and oxygen atoms in total. The van der Waals surface area contributed by atoms with Crippen LogP contribution in [0.2, 0.25) is 0 Å². The fourth-order valence-electron chi connectivity index (χ4n) is 4.12. The smallest absolute Gasteiger partial charge is 0.254 e. The maximum atomic E-state index is 12.8. The van der Waals surface area contributed by atoms with E-state index in [1.807, 2.05) is 12.1 Å². The standard InChI is InChI=1S/C21H25N3O4/c1-11-17(21(27)23-12(2)22-11)10-19(26)24-20(15-8-16(25)9-15)14-3-4-18-13(7-14)5-6-28-18/h3-4,7,15-16,20,25H,5-6,8-10H2,1-2H3,(H,24,26)(H,22,23,27). The van der Waals surface area contributed by atoms with E-state index in [0.29, 0.717) is 36.5 Å². The van der Waals surface area contributed by atoms with Gasteiger partial charge in [-0.3, -0.25) is 9.59 Å². The largest absolute Gasteiger partial charge is 0.493 e. The van der Waals surface area contributed by atoms with Gasteiger partial charge in [-0.25, -0.2) is 4.98 Å². The Morgan fingerprint density at radius 3 is 2.89 bits per heavy atom. The zero-order valence-electron chi connectivity index (χ0n) is 16.1. The normalized spacial score (nSPS) is 21.4. The van der Waals surface area contributed by atoms with Gasteiger partial charge in [0.05, 0.1) is 25.2 Å². The Bertz CT molecular complexity index is 963. The van der Waals surface area contributed by atoms with Gasteiger partial charge in [0.2, 0.25) is 5.91 Å². The molecule has 2 heterocycles. The molecular formula is C21H25N3O4. The molecule has 0 radical (unpaired) electrons. The minimum Gasteiger partial charge on any atom is -0.493 e. The molecule has 0 bridgehead atoms. The highest BCUT2D eigenvalue weighted by atomic mass is 16.5. The van der Waals surface area contributed by atoms with E-state index in [1.54, 1.807) is 13.8 Å². The summed E-state index contributed by atoms with van der Waals surface area (Å²) >= 11 is 0. The van der Waals surface area contributed by atoms with E-state index in [1.165, 1.54) is 0 Å². The minimum absolute atomic E-state index is 0.0196. The molecule has 1 aliphatic heterocycles. The number of aromatic nitrogens is 2. The van der Waals surface area contributed by atoms with Crippen LogP contribution in [-0.4, -0.2) is 33.7 Å². The van der Waals surface area contributed by atoms with Crippen molar-refractivity contribution < 1.29 is 14.6 Å². The number of hydrogen-bond donors (Lipinski definition) is 3. The summed E-state index contributed by atoms with van der Waals surface area (Å²) in [7, 11) is 0. The van der Waals surface area contributed by atoms with Crippen molar-refractivity contribution in [1.82, 2.24) is 15.3 Å². The summed E-state index contributed by atoms with van der Waals surface area (Å²) in [5.41, 5.74) is 2.85. The van der Waals surface area contributed by atoms with Crippen LogP contribution in [0.25, 0.3) is 0 Å². The van der Waals surface area contributed by atoms with Crippen LogP contribution in [0, 0.1) is 19.8 Å². The third kappa shape index (κ3) is 3.67. The molecule has 2 aliphatic rings. The van der Waals surface area contributed by atoms with Gasteiger partial charge in [-0.1, -0.05) is 6.07 Å². The zero-order chi connectivity index (χ0) is 19.8. The lowest BCUT2D eigenvalue weighted by Crippen LogP contribution is -2.42. The van der Waals surface area contributed by atoms with Crippen LogP contribution in [0.4, 0.5) is 0 Å². The van der Waals surface area contributed by atoms with Crippen molar-refractivity contribution in [3.8, 4) is 5.75 Å². The van der Waals surface area contributed by atoms with Crippen LogP contribution in [0.3, 0.4) is 0 Å². The summed E-state index contributed by atoms with van der Waals surface area (Å²) in [6, 6.07) is 5.82. The van der Waals surface area contributed by atoms with Gasteiger partial charge in [0.1, 0.15) is 11.6 Å². The number of nitrogens with zero attached hydrogens (tertiary/aromatic N) is 1. The fourth-order valence-corrected chi connectivity index (χ4v) is 4.12.